The molecule has 1 aromatic carbocycles. The van der Waals surface area contributed by atoms with Crippen LogP contribution in [0.3, 0.4) is 0 Å². The fourth-order valence-corrected chi connectivity index (χ4v) is 2.92. The lowest BCUT2D eigenvalue weighted by Gasteiger charge is -2.12. The van der Waals surface area contributed by atoms with E-state index in [9.17, 15) is 9.59 Å². The van der Waals surface area contributed by atoms with Crippen molar-refractivity contribution in [1.82, 2.24) is 19.3 Å². The number of H-pyrrole nitrogens is 1. The highest BCUT2D eigenvalue weighted by atomic mass is 16.2. The van der Waals surface area contributed by atoms with Gasteiger partial charge < -0.3 is 15.2 Å². The predicted octanol–water partition coefficient (Wildman–Crippen LogP) is 1.69. The lowest BCUT2D eigenvalue weighted by Crippen LogP contribution is -2.27. The molecule has 0 bridgehead atoms. The summed E-state index contributed by atoms with van der Waals surface area (Å²) in [6.07, 6.45) is 4.10. The molecule has 0 radical (unpaired) electrons. The van der Waals surface area contributed by atoms with E-state index in [4.69, 9.17) is 0 Å². The molecule has 1 aliphatic carbocycles. The number of hydrogen-bond donors (Lipinski definition) is 2. The molecule has 2 heterocycles. The number of imidazole rings is 1. The van der Waals surface area contributed by atoms with Crippen molar-refractivity contribution in [2.24, 2.45) is 0 Å². The molecule has 0 saturated carbocycles. The summed E-state index contributed by atoms with van der Waals surface area (Å²) in [7, 11) is 3.39. The number of urea groups is 1. The minimum Gasteiger partial charge on any atom is -0.331 e. The van der Waals surface area contributed by atoms with E-state index in [2.05, 4.69) is 15.3 Å². The number of nitrogens with zero attached hydrogens (tertiary/aromatic N) is 3. The molecule has 0 saturated heterocycles. The molecule has 2 N–H and O–H groups in total. The van der Waals surface area contributed by atoms with Crippen molar-refractivity contribution < 1.29 is 4.79 Å². The first kappa shape index (κ1) is 13.6. The van der Waals surface area contributed by atoms with Crippen LogP contribution < -0.4 is 10.9 Å². The number of fused-ring (bicyclic) bond motifs is 5. The average molecular weight is 309 g/mol. The second-order valence-electron chi connectivity index (χ2n) is 5.77. The van der Waals surface area contributed by atoms with Crippen LogP contribution in [0.2, 0.25) is 0 Å². The lowest BCUT2D eigenvalue weighted by atomic mass is 10.1. The fourth-order valence-electron chi connectivity index (χ4n) is 2.92. The molecule has 3 aromatic rings. The van der Waals surface area contributed by atoms with Crippen LogP contribution in [0, 0.1) is 0 Å². The minimum absolute atomic E-state index is 0.175. The Hall–Kier alpha value is -3.09. The molecular weight excluding hydrogens is 294 g/mol. The van der Waals surface area contributed by atoms with Crippen molar-refractivity contribution in [3.8, 4) is 11.3 Å². The van der Waals surface area contributed by atoms with Gasteiger partial charge in [-0.2, -0.15) is 0 Å². The number of carbonyl (C=O) groups excluding carboxylic acids is 1. The molecule has 7 heteroatoms. The Labute approximate surface area is 131 Å². The van der Waals surface area contributed by atoms with Crippen LogP contribution in [0.15, 0.2) is 35.4 Å². The van der Waals surface area contributed by atoms with Gasteiger partial charge in [0.2, 0.25) is 5.65 Å². The molecule has 1 aliphatic rings. The summed E-state index contributed by atoms with van der Waals surface area (Å²) >= 11 is 0. The number of aromatic amines is 1. The summed E-state index contributed by atoms with van der Waals surface area (Å²) in [5.41, 5.74) is 4.80. The highest BCUT2D eigenvalue weighted by Gasteiger charge is 2.23. The lowest BCUT2D eigenvalue weighted by molar-refractivity contribution is 0.230. The highest BCUT2D eigenvalue weighted by Crippen LogP contribution is 2.35. The first-order valence-electron chi connectivity index (χ1n) is 7.24. The van der Waals surface area contributed by atoms with Crippen LogP contribution >= 0.6 is 0 Å². The average Bonchev–Trinajstić information content (AvgIpc) is 3.11. The number of carbonyl (C=O) groups is 1. The number of amides is 2. The van der Waals surface area contributed by atoms with E-state index in [1.54, 1.807) is 26.5 Å². The Morgan fingerprint density at radius 2 is 2.22 bits per heavy atom. The summed E-state index contributed by atoms with van der Waals surface area (Å²) in [4.78, 5) is 32.4. The van der Waals surface area contributed by atoms with Crippen LogP contribution in [0.5, 0.6) is 0 Å². The Morgan fingerprint density at radius 1 is 1.39 bits per heavy atom. The Morgan fingerprint density at radius 3 is 3.00 bits per heavy atom. The molecule has 2 aromatic heterocycles. The van der Waals surface area contributed by atoms with Gasteiger partial charge in [-0.3, -0.25) is 9.20 Å². The van der Waals surface area contributed by atoms with Gasteiger partial charge in [-0.1, -0.05) is 6.07 Å². The minimum atomic E-state index is -0.202. The van der Waals surface area contributed by atoms with E-state index in [0.717, 1.165) is 28.2 Å². The summed E-state index contributed by atoms with van der Waals surface area (Å²) in [5.74, 6) is 0. The Balaban J connectivity index is 1.79. The van der Waals surface area contributed by atoms with Crippen LogP contribution in [0.1, 0.15) is 11.3 Å². The predicted molar refractivity (Wildman–Crippen MR) is 86.8 cm³/mol. The van der Waals surface area contributed by atoms with Crippen LogP contribution in [0.25, 0.3) is 16.9 Å². The molecule has 0 spiro atoms. The van der Waals surface area contributed by atoms with Gasteiger partial charge in [0.25, 0.3) is 5.56 Å². The number of hydrogen-bond acceptors (Lipinski definition) is 3. The second-order valence-corrected chi connectivity index (χ2v) is 5.77. The number of aromatic nitrogens is 3. The quantitative estimate of drug-likeness (QED) is 0.561. The molecule has 116 valence electrons. The normalized spacial score (nSPS) is 12.1. The molecule has 7 nitrogen and oxygen atoms in total. The number of benzene rings is 1. The zero-order valence-electron chi connectivity index (χ0n) is 12.8. The van der Waals surface area contributed by atoms with E-state index in [-0.39, 0.29) is 11.6 Å². The summed E-state index contributed by atoms with van der Waals surface area (Å²) < 4.78 is 1.83. The van der Waals surface area contributed by atoms with Crippen LogP contribution in [-0.2, 0) is 6.42 Å². The summed E-state index contributed by atoms with van der Waals surface area (Å²) in [5, 5.41) is 2.84. The SMILES string of the molecule is CN(C)C(=O)Nc1ccc2c(c1)Cc1c-2[nH]c(=O)c2nccn12. The van der Waals surface area contributed by atoms with Crippen molar-refractivity contribution in [3.05, 3.63) is 52.2 Å². The number of anilines is 1. The van der Waals surface area contributed by atoms with Crippen molar-refractivity contribution in [3.63, 3.8) is 0 Å². The van der Waals surface area contributed by atoms with Gasteiger partial charge in [0.15, 0.2) is 0 Å². The van der Waals surface area contributed by atoms with Crippen molar-refractivity contribution in [2.45, 2.75) is 6.42 Å². The molecule has 23 heavy (non-hydrogen) atoms. The van der Waals surface area contributed by atoms with Gasteiger partial charge in [0.05, 0.1) is 11.4 Å². The molecule has 0 aliphatic heterocycles. The van der Waals surface area contributed by atoms with Crippen molar-refractivity contribution in [2.75, 3.05) is 19.4 Å². The zero-order valence-corrected chi connectivity index (χ0v) is 12.8. The maximum Gasteiger partial charge on any atom is 0.321 e. The van der Waals surface area contributed by atoms with Gasteiger partial charge in [-0.25, -0.2) is 9.78 Å². The van der Waals surface area contributed by atoms with E-state index in [0.29, 0.717) is 12.1 Å². The molecule has 0 atom stereocenters. The van der Waals surface area contributed by atoms with Crippen molar-refractivity contribution in [1.29, 1.82) is 0 Å². The third-order valence-corrected chi connectivity index (χ3v) is 4.05. The van der Waals surface area contributed by atoms with Gasteiger partial charge in [-0.05, 0) is 17.7 Å². The molecule has 2 amide bonds. The molecule has 0 fully saturated rings. The van der Waals surface area contributed by atoms with Gasteiger partial charge in [0.1, 0.15) is 0 Å². The fraction of sp³-hybridized carbons (Fsp3) is 0.188. The standard InChI is InChI=1S/C16H15N5O2/c1-20(2)16(23)18-10-3-4-11-9(7-10)8-12-13(11)19-15(22)14-17-5-6-21(12)14/h3-7H,8H2,1-2H3,(H,18,23)(H,19,22). The zero-order chi connectivity index (χ0) is 16.1. The number of nitrogens with one attached hydrogen (secondary N) is 2. The van der Waals surface area contributed by atoms with Crippen LogP contribution in [0.4, 0.5) is 10.5 Å². The van der Waals surface area contributed by atoms with Crippen LogP contribution in [-0.4, -0.2) is 39.4 Å². The molecular formula is C16H15N5O2. The summed E-state index contributed by atoms with van der Waals surface area (Å²) in [6, 6.07) is 5.53. The van der Waals surface area contributed by atoms with Gasteiger partial charge in [0, 0.05) is 44.2 Å². The topological polar surface area (TPSA) is 82.5 Å². The Kier molecular flexibility index (Phi) is 2.77. The van der Waals surface area contributed by atoms with Gasteiger partial charge >= 0.3 is 6.03 Å². The summed E-state index contributed by atoms with van der Waals surface area (Å²) in [6.45, 7) is 0. The number of rotatable bonds is 1. The largest absolute Gasteiger partial charge is 0.331 e. The van der Waals surface area contributed by atoms with E-state index >= 15 is 0 Å². The smallest absolute Gasteiger partial charge is 0.321 e. The van der Waals surface area contributed by atoms with Crippen molar-refractivity contribution >= 4 is 17.4 Å². The maximum absolute atomic E-state index is 12.1. The first-order valence-corrected chi connectivity index (χ1v) is 7.24. The monoisotopic (exact) mass is 309 g/mol. The molecule has 4 rings (SSSR count). The molecule has 0 unspecified atom stereocenters. The van der Waals surface area contributed by atoms with Gasteiger partial charge in [-0.15, -0.1) is 0 Å². The van der Waals surface area contributed by atoms with E-state index in [1.165, 1.54) is 4.90 Å². The first-order chi connectivity index (χ1) is 11.0. The van der Waals surface area contributed by atoms with E-state index in [1.807, 2.05) is 22.6 Å². The third-order valence-electron chi connectivity index (χ3n) is 4.05. The van der Waals surface area contributed by atoms with E-state index < -0.39 is 0 Å². The maximum atomic E-state index is 12.1. The Bertz CT molecular complexity index is 999. The highest BCUT2D eigenvalue weighted by molar-refractivity contribution is 5.90. The third kappa shape index (κ3) is 2.01. The second kappa shape index (κ2) is 4.70.